The minimum atomic E-state index is -0.460. The number of carbonyl (C=O) groups is 1. The van der Waals surface area contributed by atoms with E-state index in [-0.39, 0.29) is 11.8 Å². The monoisotopic (exact) mass is 234 g/mol. The van der Waals surface area contributed by atoms with Crippen molar-refractivity contribution >= 4 is 11.6 Å². The molecule has 0 saturated carbocycles. The van der Waals surface area contributed by atoms with Crippen molar-refractivity contribution in [2.75, 3.05) is 5.32 Å². The van der Waals surface area contributed by atoms with Crippen LogP contribution in [0.5, 0.6) is 0 Å². The average molecular weight is 234 g/mol. The number of amides is 1. The van der Waals surface area contributed by atoms with E-state index in [9.17, 15) is 4.79 Å². The molecule has 0 bridgehead atoms. The van der Waals surface area contributed by atoms with Crippen LogP contribution in [0.15, 0.2) is 24.3 Å². The third kappa shape index (κ3) is 3.86. The van der Waals surface area contributed by atoms with Gasteiger partial charge in [0.05, 0.1) is 6.04 Å². The lowest BCUT2D eigenvalue weighted by Crippen LogP contribution is -2.39. The van der Waals surface area contributed by atoms with Gasteiger partial charge in [0.25, 0.3) is 0 Å². The highest BCUT2D eigenvalue weighted by Crippen LogP contribution is 2.18. The highest BCUT2D eigenvalue weighted by Gasteiger charge is 2.17. The molecule has 94 valence electrons. The molecular weight excluding hydrogens is 212 g/mol. The highest BCUT2D eigenvalue weighted by atomic mass is 16.2. The summed E-state index contributed by atoms with van der Waals surface area (Å²) in [6, 6.07) is 7.43. The van der Waals surface area contributed by atoms with E-state index < -0.39 is 6.04 Å². The van der Waals surface area contributed by atoms with E-state index in [1.807, 2.05) is 32.0 Å². The first-order valence-electron chi connectivity index (χ1n) is 6.08. The van der Waals surface area contributed by atoms with Crippen molar-refractivity contribution in [3.8, 4) is 0 Å². The lowest BCUT2D eigenvalue weighted by molar-refractivity contribution is -0.118. The molecule has 1 aromatic rings. The minimum absolute atomic E-state index is 0.124. The maximum absolute atomic E-state index is 11.8. The van der Waals surface area contributed by atoms with Crippen LogP contribution in [0, 0.1) is 5.92 Å². The second-order valence-corrected chi connectivity index (χ2v) is 5.04. The Morgan fingerprint density at radius 2 is 1.88 bits per heavy atom. The van der Waals surface area contributed by atoms with Crippen LogP contribution in [0.25, 0.3) is 0 Å². The van der Waals surface area contributed by atoms with Gasteiger partial charge >= 0.3 is 0 Å². The molecular formula is C14H22N2O. The quantitative estimate of drug-likeness (QED) is 0.841. The summed E-state index contributed by atoms with van der Waals surface area (Å²) in [5.41, 5.74) is 7.82. The van der Waals surface area contributed by atoms with Crippen LogP contribution in [-0.2, 0) is 4.79 Å². The molecule has 0 aliphatic heterocycles. The molecule has 0 heterocycles. The smallest absolute Gasteiger partial charge is 0.241 e. The van der Waals surface area contributed by atoms with Crippen molar-refractivity contribution in [3.05, 3.63) is 29.8 Å². The molecule has 0 fully saturated rings. The van der Waals surface area contributed by atoms with Gasteiger partial charge in [-0.05, 0) is 29.5 Å². The van der Waals surface area contributed by atoms with Gasteiger partial charge in [-0.1, -0.05) is 39.8 Å². The fraction of sp³-hybridized carbons (Fsp3) is 0.500. The summed E-state index contributed by atoms with van der Waals surface area (Å²) in [6.07, 6.45) is 0. The van der Waals surface area contributed by atoms with Crippen LogP contribution in [0.1, 0.15) is 39.2 Å². The van der Waals surface area contributed by atoms with Crippen LogP contribution >= 0.6 is 0 Å². The van der Waals surface area contributed by atoms with Crippen molar-refractivity contribution in [1.29, 1.82) is 0 Å². The lowest BCUT2D eigenvalue weighted by Gasteiger charge is -2.16. The first-order valence-corrected chi connectivity index (χ1v) is 6.08. The van der Waals surface area contributed by atoms with Gasteiger partial charge < -0.3 is 11.1 Å². The maximum atomic E-state index is 11.8. The van der Waals surface area contributed by atoms with E-state index in [0.717, 1.165) is 5.69 Å². The second kappa shape index (κ2) is 5.82. The van der Waals surface area contributed by atoms with Crippen LogP contribution in [0.4, 0.5) is 5.69 Å². The third-order valence-electron chi connectivity index (χ3n) is 2.84. The first-order chi connectivity index (χ1) is 7.91. The van der Waals surface area contributed by atoms with Gasteiger partial charge in [-0.15, -0.1) is 0 Å². The standard InChI is InChI=1S/C14H22N2O/c1-9(2)11-6-5-7-12(8-11)16-14(17)13(15)10(3)4/h5-10,13H,15H2,1-4H3,(H,16,17). The number of nitrogens with one attached hydrogen (secondary N) is 1. The van der Waals surface area contributed by atoms with Crippen LogP contribution in [0.3, 0.4) is 0 Å². The largest absolute Gasteiger partial charge is 0.325 e. The Bertz CT molecular complexity index is 386. The lowest BCUT2D eigenvalue weighted by atomic mass is 10.0. The van der Waals surface area contributed by atoms with Gasteiger partial charge in [0.1, 0.15) is 0 Å². The van der Waals surface area contributed by atoms with Gasteiger partial charge in [-0.2, -0.15) is 0 Å². The molecule has 0 aliphatic rings. The molecule has 0 radical (unpaired) electrons. The average Bonchev–Trinajstić information content (AvgIpc) is 2.28. The molecule has 3 heteroatoms. The summed E-state index contributed by atoms with van der Waals surface area (Å²) in [5.74, 6) is 0.467. The molecule has 3 nitrogen and oxygen atoms in total. The van der Waals surface area contributed by atoms with E-state index in [4.69, 9.17) is 5.73 Å². The zero-order valence-electron chi connectivity index (χ0n) is 11.0. The maximum Gasteiger partial charge on any atom is 0.241 e. The Morgan fingerprint density at radius 1 is 1.24 bits per heavy atom. The van der Waals surface area contributed by atoms with Crippen LogP contribution in [-0.4, -0.2) is 11.9 Å². The first kappa shape index (κ1) is 13.7. The number of benzene rings is 1. The number of hydrogen-bond acceptors (Lipinski definition) is 2. The molecule has 3 N–H and O–H groups in total. The topological polar surface area (TPSA) is 55.1 Å². The van der Waals surface area contributed by atoms with Crippen molar-refractivity contribution in [1.82, 2.24) is 0 Å². The van der Waals surface area contributed by atoms with Crippen LogP contribution < -0.4 is 11.1 Å². The number of nitrogens with two attached hydrogens (primary N) is 1. The predicted octanol–water partition coefficient (Wildman–Crippen LogP) is 2.73. The number of rotatable bonds is 4. The molecule has 1 atom stereocenters. The minimum Gasteiger partial charge on any atom is -0.325 e. The predicted molar refractivity (Wildman–Crippen MR) is 72.0 cm³/mol. The highest BCUT2D eigenvalue weighted by molar-refractivity contribution is 5.94. The number of anilines is 1. The summed E-state index contributed by atoms with van der Waals surface area (Å²) in [5, 5.41) is 2.85. The molecule has 0 saturated heterocycles. The zero-order chi connectivity index (χ0) is 13.0. The summed E-state index contributed by atoms with van der Waals surface area (Å²) in [4.78, 5) is 11.8. The van der Waals surface area contributed by atoms with Crippen molar-refractivity contribution in [2.45, 2.75) is 39.7 Å². The molecule has 1 rings (SSSR count). The van der Waals surface area contributed by atoms with Crippen molar-refractivity contribution < 1.29 is 4.79 Å². The van der Waals surface area contributed by atoms with Gasteiger partial charge in [-0.25, -0.2) is 0 Å². The molecule has 1 amide bonds. The Morgan fingerprint density at radius 3 is 2.41 bits per heavy atom. The van der Waals surface area contributed by atoms with Gasteiger partial charge in [0.2, 0.25) is 5.91 Å². The van der Waals surface area contributed by atoms with E-state index in [1.165, 1.54) is 5.56 Å². The van der Waals surface area contributed by atoms with Gasteiger partial charge in [0, 0.05) is 5.69 Å². The fourth-order valence-corrected chi connectivity index (χ4v) is 1.50. The Balaban J connectivity index is 2.75. The van der Waals surface area contributed by atoms with Gasteiger partial charge in [-0.3, -0.25) is 4.79 Å². The Kier molecular flexibility index (Phi) is 4.70. The van der Waals surface area contributed by atoms with E-state index in [1.54, 1.807) is 0 Å². The van der Waals surface area contributed by atoms with E-state index in [0.29, 0.717) is 5.92 Å². The molecule has 0 spiro atoms. The SMILES string of the molecule is CC(C)c1cccc(NC(=O)C(N)C(C)C)c1. The van der Waals surface area contributed by atoms with Gasteiger partial charge in [0.15, 0.2) is 0 Å². The second-order valence-electron chi connectivity index (χ2n) is 5.04. The molecule has 1 unspecified atom stereocenters. The Labute approximate surface area is 103 Å². The molecule has 17 heavy (non-hydrogen) atoms. The Hall–Kier alpha value is -1.35. The van der Waals surface area contributed by atoms with Crippen molar-refractivity contribution in [2.24, 2.45) is 11.7 Å². The molecule has 0 aromatic heterocycles. The zero-order valence-corrected chi connectivity index (χ0v) is 11.0. The van der Waals surface area contributed by atoms with E-state index >= 15 is 0 Å². The molecule has 0 aliphatic carbocycles. The summed E-state index contributed by atoms with van der Waals surface area (Å²) < 4.78 is 0. The van der Waals surface area contributed by atoms with E-state index in [2.05, 4.69) is 25.2 Å². The summed E-state index contributed by atoms with van der Waals surface area (Å²) in [7, 11) is 0. The third-order valence-corrected chi connectivity index (χ3v) is 2.84. The summed E-state index contributed by atoms with van der Waals surface area (Å²) >= 11 is 0. The normalized spacial score (nSPS) is 12.9. The van der Waals surface area contributed by atoms with Crippen LogP contribution in [0.2, 0.25) is 0 Å². The summed E-state index contributed by atoms with van der Waals surface area (Å²) in [6.45, 7) is 8.13. The molecule has 1 aromatic carbocycles. The van der Waals surface area contributed by atoms with Crippen molar-refractivity contribution in [3.63, 3.8) is 0 Å². The fourth-order valence-electron chi connectivity index (χ4n) is 1.50. The number of carbonyl (C=O) groups excluding carboxylic acids is 1. The number of hydrogen-bond donors (Lipinski definition) is 2.